The summed E-state index contributed by atoms with van der Waals surface area (Å²) < 4.78 is 5.52. The molecule has 0 aliphatic carbocycles. The summed E-state index contributed by atoms with van der Waals surface area (Å²) in [4.78, 5) is 11.7. The van der Waals surface area contributed by atoms with Crippen molar-refractivity contribution < 1.29 is 9.53 Å². The fraction of sp³-hybridized carbons (Fsp3) is 0.118. The number of ether oxygens (including phenoxy) is 1. The van der Waals surface area contributed by atoms with E-state index in [0.29, 0.717) is 15.8 Å². The smallest absolute Gasteiger partial charge is 0.248 e. The second-order valence-corrected chi connectivity index (χ2v) is 5.34. The molecule has 0 aliphatic heterocycles. The molecule has 1 N–H and O–H groups in total. The van der Waals surface area contributed by atoms with E-state index in [4.69, 9.17) is 27.9 Å². The van der Waals surface area contributed by atoms with Crippen molar-refractivity contribution in [3.8, 4) is 5.75 Å². The molecule has 2 aromatic carbocycles. The first-order valence-corrected chi connectivity index (χ1v) is 7.43. The van der Waals surface area contributed by atoms with Crippen molar-refractivity contribution in [2.75, 3.05) is 11.9 Å². The van der Waals surface area contributed by atoms with Gasteiger partial charge in [0.25, 0.3) is 0 Å². The largest absolute Gasteiger partial charge is 0.488 e. The normalized spacial score (nSPS) is 10.7. The Labute approximate surface area is 139 Å². The molecular weight excluding hydrogens is 321 g/mol. The minimum absolute atomic E-state index is 0.215. The molecule has 114 valence electrons. The summed E-state index contributed by atoms with van der Waals surface area (Å²) in [6.07, 6.45) is 3.04. The van der Waals surface area contributed by atoms with Gasteiger partial charge in [-0.2, -0.15) is 0 Å². The molecule has 3 nitrogen and oxygen atoms in total. The van der Waals surface area contributed by atoms with E-state index in [9.17, 15) is 4.79 Å². The Hall–Kier alpha value is -1.97. The van der Waals surface area contributed by atoms with Gasteiger partial charge in [-0.05, 0) is 42.8 Å². The van der Waals surface area contributed by atoms with Gasteiger partial charge in [0.2, 0.25) is 5.91 Å². The Morgan fingerprint density at radius 1 is 1.18 bits per heavy atom. The number of amides is 1. The van der Waals surface area contributed by atoms with Gasteiger partial charge in [-0.25, -0.2) is 0 Å². The zero-order valence-corrected chi connectivity index (χ0v) is 13.5. The van der Waals surface area contributed by atoms with E-state index in [1.165, 1.54) is 6.08 Å². The van der Waals surface area contributed by atoms with Crippen molar-refractivity contribution >= 4 is 34.8 Å². The fourth-order valence-electron chi connectivity index (χ4n) is 1.75. The van der Waals surface area contributed by atoms with Crippen LogP contribution in [0, 0.1) is 6.92 Å². The molecule has 0 aliphatic rings. The number of halogens is 2. The summed E-state index contributed by atoms with van der Waals surface area (Å²) in [5.41, 5.74) is 1.51. The molecule has 0 aromatic heterocycles. The number of hydrogen-bond donors (Lipinski definition) is 1. The molecule has 0 saturated carbocycles. The van der Waals surface area contributed by atoms with Gasteiger partial charge in [-0.1, -0.05) is 41.4 Å². The fourth-order valence-corrected chi connectivity index (χ4v) is 2.17. The van der Waals surface area contributed by atoms with Crippen LogP contribution in [0.3, 0.4) is 0 Å². The highest BCUT2D eigenvalue weighted by Gasteiger charge is 2.07. The monoisotopic (exact) mass is 335 g/mol. The third kappa shape index (κ3) is 4.52. The highest BCUT2D eigenvalue weighted by molar-refractivity contribution is 6.36. The molecule has 2 aromatic rings. The van der Waals surface area contributed by atoms with Crippen LogP contribution in [-0.2, 0) is 4.79 Å². The maximum absolute atomic E-state index is 11.7. The molecule has 2 rings (SSSR count). The van der Waals surface area contributed by atoms with Crippen molar-refractivity contribution in [3.63, 3.8) is 0 Å². The van der Waals surface area contributed by atoms with Crippen LogP contribution in [0.4, 0.5) is 5.69 Å². The second-order valence-electron chi connectivity index (χ2n) is 4.55. The van der Waals surface area contributed by atoms with Crippen LogP contribution in [0.15, 0.2) is 54.6 Å². The lowest BCUT2D eigenvalue weighted by atomic mass is 10.2. The van der Waals surface area contributed by atoms with Gasteiger partial charge in [0.05, 0.1) is 5.02 Å². The summed E-state index contributed by atoms with van der Waals surface area (Å²) in [6.45, 7) is 2.06. The highest BCUT2D eigenvalue weighted by atomic mass is 35.5. The van der Waals surface area contributed by atoms with Crippen LogP contribution >= 0.6 is 23.2 Å². The van der Waals surface area contributed by atoms with Gasteiger partial charge in [-0.15, -0.1) is 0 Å². The van der Waals surface area contributed by atoms with Crippen LogP contribution in [0.2, 0.25) is 10.0 Å². The number of hydrogen-bond acceptors (Lipinski definition) is 2. The third-order valence-corrected chi connectivity index (χ3v) is 3.81. The number of para-hydroxylation sites is 1. The van der Waals surface area contributed by atoms with E-state index in [1.54, 1.807) is 18.2 Å². The maximum atomic E-state index is 11.7. The van der Waals surface area contributed by atoms with Gasteiger partial charge in [-0.3, -0.25) is 4.79 Å². The lowest BCUT2D eigenvalue weighted by Gasteiger charge is -2.08. The van der Waals surface area contributed by atoms with E-state index in [-0.39, 0.29) is 12.5 Å². The van der Waals surface area contributed by atoms with Gasteiger partial charge < -0.3 is 10.1 Å². The van der Waals surface area contributed by atoms with Crippen molar-refractivity contribution in [2.45, 2.75) is 6.92 Å². The zero-order chi connectivity index (χ0) is 15.9. The minimum Gasteiger partial charge on any atom is -0.488 e. The maximum Gasteiger partial charge on any atom is 0.248 e. The average Bonchev–Trinajstić information content (AvgIpc) is 2.52. The minimum atomic E-state index is -0.215. The standard InChI is InChI=1S/C17H15Cl2NO2/c1-12-14(18)9-10-15(17(12)19)22-11-5-8-16(21)20-13-6-3-2-4-7-13/h2-10H,11H2,1H3,(H,20,21). The van der Waals surface area contributed by atoms with Gasteiger partial charge in [0, 0.05) is 16.8 Å². The second kappa shape index (κ2) is 7.87. The summed E-state index contributed by atoms with van der Waals surface area (Å²) in [5, 5.41) is 3.82. The molecule has 0 unspecified atom stereocenters. The number of nitrogens with one attached hydrogen (secondary N) is 1. The zero-order valence-electron chi connectivity index (χ0n) is 12.0. The molecule has 1 amide bonds. The summed E-state index contributed by atoms with van der Waals surface area (Å²) >= 11 is 12.1. The molecule has 0 fully saturated rings. The predicted octanol–water partition coefficient (Wildman–Crippen LogP) is 4.88. The first-order chi connectivity index (χ1) is 10.6. The van der Waals surface area contributed by atoms with E-state index in [1.807, 2.05) is 37.3 Å². The molecule has 22 heavy (non-hydrogen) atoms. The molecule has 0 bridgehead atoms. The first kappa shape index (κ1) is 16.4. The van der Waals surface area contributed by atoms with Crippen LogP contribution in [-0.4, -0.2) is 12.5 Å². The van der Waals surface area contributed by atoms with E-state index in [0.717, 1.165) is 11.3 Å². The molecular formula is C17H15Cl2NO2. The lowest BCUT2D eigenvalue weighted by molar-refractivity contribution is -0.111. The summed E-state index contributed by atoms with van der Waals surface area (Å²) in [7, 11) is 0. The SMILES string of the molecule is Cc1c(Cl)ccc(OCC=CC(=O)Nc2ccccc2)c1Cl. The van der Waals surface area contributed by atoms with E-state index < -0.39 is 0 Å². The summed E-state index contributed by atoms with van der Waals surface area (Å²) in [6, 6.07) is 12.7. The number of rotatable bonds is 5. The molecule has 0 spiro atoms. The van der Waals surface area contributed by atoms with Crippen LogP contribution in [0.25, 0.3) is 0 Å². The van der Waals surface area contributed by atoms with Crippen molar-refractivity contribution in [1.82, 2.24) is 0 Å². The van der Waals surface area contributed by atoms with Crippen molar-refractivity contribution in [1.29, 1.82) is 0 Å². The van der Waals surface area contributed by atoms with Crippen LogP contribution in [0.1, 0.15) is 5.56 Å². The van der Waals surface area contributed by atoms with Gasteiger partial charge >= 0.3 is 0 Å². The Balaban J connectivity index is 1.86. The molecule has 0 saturated heterocycles. The van der Waals surface area contributed by atoms with Crippen LogP contribution in [0.5, 0.6) is 5.75 Å². The van der Waals surface area contributed by atoms with Crippen molar-refractivity contribution in [3.05, 3.63) is 70.2 Å². The Morgan fingerprint density at radius 2 is 1.91 bits per heavy atom. The molecule has 0 atom stereocenters. The molecule has 0 heterocycles. The Bertz CT molecular complexity index is 685. The third-order valence-electron chi connectivity index (χ3n) is 2.93. The number of carbonyl (C=O) groups is 1. The number of carbonyl (C=O) groups excluding carboxylic acids is 1. The quantitative estimate of drug-likeness (QED) is 0.791. The van der Waals surface area contributed by atoms with E-state index >= 15 is 0 Å². The number of benzene rings is 2. The van der Waals surface area contributed by atoms with Gasteiger partial charge in [0.15, 0.2) is 0 Å². The predicted molar refractivity (Wildman–Crippen MR) is 90.9 cm³/mol. The van der Waals surface area contributed by atoms with Crippen LogP contribution < -0.4 is 10.1 Å². The lowest BCUT2D eigenvalue weighted by Crippen LogP contribution is -2.08. The van der Waals surface area contributed by atoms with Crippen molar-refractivity contribution in [2.24, 2.45) is 0 Å². The number of anilines is 1. The Morgan fingerprint density at radius 3 is 2.64 bits per heavy atom. The molecule has 0 radical (unpaired) electrons. The topological polar surface area (TPSA) is 38.3 Å². The van der Waals surface area contributed by atoms with E-state index in [2.05, 4.69) is 5.32 Å². The average molecular weight is 336 g/mol. The summed E-state index contributed by atoms with van der Waals surface area (Å²) in [5.74, 6) is 0.324. The highest BCUT2D eigenvalue weighted by Crippen LogP contribution is 2.32. The Kier molecular flexibility index (Phi) is 5.87. The van der Waals surface area contributed by atoms with Gasteiger partial charge in [0.1, 0.15) is 12.4 Å². The first-order valence-electron chi connectivity index (χ1n) is 6.68. The molecule has 5 heteroatoms.